The van der Waals surface area contributed by atoms with Crippen LogP contribution in [0.25, 0.3) is 0 Å². The molecule has 4 heteroatoms. The molecule has 0 radical (unpaired) electrons. The number of hydrogen-bond acceptors (Lipinski definition) is 3. The van der Waals surface area contributed by atoms with E-state index >= 15 is 0 Å². The summed E-state index contributed by atoms with van der Waals surface area (Å²) in [5.41, 5.74) is 5.55. The highest BCUT2D eigenvalue weighted by Gasteiger charge is 2.28. The second kappa shape index (κ2) is 11.7. The molecule has 3 aromatic carbocycles. The van der Waals surface area contributed by atoms with Crippen LogP contribution in [-0.4, -0.2) is 36.2 Å². The Morgan fingerprint density at radius 3 is 2.33 bits per heavy atom. The third-order valence-corrected chi connectivity index (χ3v) is 7.92. The van der Waals surface area contributed by atoms with E-state index in [-0.39, 0.29) is 11.8 Å². The van der Waals surface area contributed by atoms with Crippen LogP contribution in [0.2, 0.25) is 0 Å². The molecular formula is C32H36N2O2. The normalized spacial score (nSPS) is 18.6. The largest absolute Gasteiger partial charge is 0.352 e. The van der Waals surface area contributed by atoms with Gasteiger partial charge in [0.2, 0.25) is 5.91 Å². The van der Waals surface area contributed by atoms with Gasteiger partial charge in [0.1, 0.15) is 0 Å². The molecule has 1 amide bonds. The summed E-state index contributed by atoms with van der Waals surface area (Å²) < 4.78 is 0. The van der Waals surface area contributed by atoms with Gasteiger partial charge in [0.25, 0.3) is 0 Å². The number of benzene rings is 3. The summed E-state index contributed by atoms with van der Waals surface area (Å²) >= 11 is 0. The van der Waals surface area contributed by atoms with Crippen LogP contribution in [0, 0.1) is 5.92 Å². The number of rotatable bonds is 8. The molecule has 0 spiro atoms. The molecule has 0 saturated carbocycles. The summed E-state index contributed by atoms with van der Waals surface area (Å²) in [5, 5.41) is 3.01. The topological polar surface area (TPSA) is 49.4 Å². The molecule has 4 nitrogen and oxygen atoms in total. The van der Waals surface area contributed by atoms with Gasteiger partial charge in [-0.2, -0.15) is 0 Å². The number of carbonyl (C=O) groups is 2. The van der Waals surface area contributed by atoms with E-state index < -0.39 is 0 Å². The minimum atomic E-state index is 0.0165. The standard InChI is InChI=1S/C32H36N2O2/c35-31(22-24-7-3-1-4-8-24)33-23-25-11-14-30-29(21-25)13-12-28(32(30)36)17-20-34-18-15-27(16-19-34)26-9-5-2-6-10-26/h1-11,14,21,27-28H,12-13,15-20,22-23H2,(H,33,35). The van der Waals surface area contributed by atoms with E-state index in [1.165, 1.54) is 18.4 Å². The summed E-state index contributed by atoms with van der Waals surface area (Å²) in [5.74, 6) is 1.11. The van der Waals surface area contributed by atoms with E-state index in [1.807, 2.05) is 42.5 Å². The van der Waals surface area contributed by atoms with Crippen LogP contribution < -0.4 is 5.32 Å². The van der Waals surface area contributed by atoms with Crippen molar-refractivity contribution in [2.45, 2.75) is 51.0 Å². The number of piperidine rings is 1. The van der Waals surface area contributed by atoms with Crippen LogP contribution in [0.3, 0.4) is 0 Å². The van der Waals surface area contributed by atoms with Crippen LogP contribution >= 0.6 is 0 Å². The van der Waals surface area contributed by atoms with Gasteiger partial charge in [0, 0.05) is 18.0 Å². The first kappa shape index (κ1) is 24.5. The fourth-order valence-electron chi connectivity index (χ4n) is 5.76. The monoisotopic (exact) mass is 480 g/mol. The first-order valence-corrected chi connectivity index (χ1v) is 13.4. The summed E-state index contributed by atoms with van der Waals surface area (Å²) in [6.45, 7) is 3.75. The van der Waals surface area contributed by atoms with Gasteiger partial charge in [-0.25, -0.2) is 0 Å². The number of likely N-dealkylation sites (tertiary alicyclic amines) is 1. The Kier molecular flexibility index (Phi) is 7.92. The summed E-state index contributed by atoms with van der Waals surface area (Å²) in [6.07, 6.45) is 5.61. The van der Waals surface area contributed by atoms with Crippen LogP contribution in [0.5, 0.6) is 0 Å². The Morgan fingerprint density at radius 1 is 0.861 bits per heavy atom. The minimum Gasteiger partial charge on any atom is -0.352 e. The third kappa shape index (κ3) is 6.11. The number of carbonyl (C=O) groups excluding carboxylic acids is 2. The summed E-state index contributed by atoms with van der Waals surface area (Å²) in [4.78, 5) is 28.1. The molecule has 1 N–H and O–H groups in total. The molecule has 1 atom stereocenters. The molecule has 1 fully saturated rings. The third-order valence-electron chi connectivity index (χ3n) is 7.92. The van der Waals surface area contributed by atoms with Gasteiger partial charge >= 0.3 is 0 Å². The van der Waals surface area contributed by atoms with Gasteiger partial charge in [-0.15, -0.1) is 0 Å². The lowest BCUT2D eigenvalue weighted by Crippen LogP contribution is -2.35. The fourth-order valence-corrected chi connectivity index (χ4v) is 5.76. The molecule has 0 bridgehead atoms. The molecule has 2 aliphatic rings. The molecule has 0 aromatic heterocycles. The number of hydrogen-bond donors (Lipinski definition) is 1. The van der Waals surface area contributed by atoms with Gasteiger partial charge in [0.05, 0.1) is 6.42 Å². The number of amides is 1. The van der Waals surface area contributed by atoms with Crippen molar-refractivity contribution in [3.8, 4) is 0 Å². The Hall–Kier alpha value is -3.24. The van der Waals surface area contributed by atoms with Crippen LogP contribution in [-0.2, 0) is 24.2 Å². The highest BCUT2D eigenvalue weighted by Crippen LogP contribution is 2.31. The van der Waals surface area contributed by atoms with E-state index in [9.17, 15) is 9.59 Å². The van der Waals surface area contributed by atoms with E-state index in [2.05, 4.69) is 46.6 Å². The lowest BCUT2D eigenvalue weighted by Gasteiger charge is -2.33. The molecule has 1 unspecified atom stereocenters. The average Bonchev–Trinajstić information content (AvgIpc) is 2.93. The van der Waals surface area contributed by atoms with Crippen molar-refractivity contribution in [3.63, 3.8) is 0 Å². The smallest absolute Gasteiger partial charge is 0.224 e. The number of aryl methyl sites for hydroxylation is 1. The van der Waals surface area contributed by atoms with Crippen LogP contribution in [0.4, 0.5) is 0 Å². The predicted octanol–water partition coefficient (Wildman–Crippen LogP) is 5.56. The second-order valence-corrected chi connectivity index (χ2v) is 10.3. The molecular weight excluding hydrogens is 444 g/mol. The van der Waals surface area contributed by atoms with E-state index in [1.54, 1.807) is 0 Å². The molecule has 186 valence electrons. The maximum absolute atomic E-state index is 13.2. The Labute approximate surface area is 214 Å². The number of fused-ring (bicyclic) bond motifs is 1. The molecule has 5 rings (SSSR count). The minimum absolute atomic E-state index is 0.0165. The number of Topliss-reactive ketones (excluding diaryl/α,β-unsaturated/α-hetero) is 1. The SMILES string of the molecule is O=C(Cc1ccccc1)NCc1ccc2c(c1)CCC(CCN1CCC(c3ccccc3)CC1)C2=O. The Morgan fingerprint density at radius 2 is 1.58 bits per heavy atom. The second-order valence-electron chi connectivity index (χ2n) is 10.3. The van der Waals surface area contributed by atoms with Crippen molar-refractivity contribution < 1.29 is 9.59 Å². The quantitative estimate of drug-likeness (QED) is 0.459. The number of ketones is 1. The van der Waals surface area contributed by atoms with Crippen molar-refractivity contribution >= 4 is 11.7 Å². The van der Waals surface area contributed by atoms with Gasteiger partial charge in [0.15, 0.2) is 5.78 Å². The maximum atomic E-state index is 13.2. The molecule has 1 aliphatic heterocycles. The van der Waals surface area contributed by atoms with Gasteiger partial charge < -0.3 is 10.2 Å². The lowest BCUT2D eigenvalue weighted by molar-refractivity contribution is -0.120. The zero-order chi connectivity index (χ0) is 24.7. The van der Waals surface area contributed by atoms with E-state index in [0.29, 0.717) is 24.7 Å². The van der Waals surface area contributed by atoms with Crippen molar-refractivity contribution in [3.05, 3.63) is 107 Å². The van der Waals surface area contributed by atoms with Crippen molar-refractivity contribution in [2.75, 3.05) is 19.6 Å². The molecule has 1 aliphatic carbocycles. The van der Waals surface area contributed by atoms with Gasteiger partial charge in [-0.1, -0.05) is 78.9 Å². The fraction of sp³-hybridized carbons (Fsp3) is 0.375. The highest BCUT2D eigenvalue weighted by atomic mass is 16.1. The van der Waals surface area contributed by atoms with Gasteiger partial charge in [-0.05, 0) is 79.9 Å². The number of nitrogens with zero attached hydrogens (tertiary/aromatic N) is 1. The summed E-state index contributed by atoms with van der Waals surface area (Å²) in [6, 6.07) is 26.7. The summed E-state index contributed by atoms with van der Waals surface area (Å²) in [7, 11) is 0. The van der Waals surface area contributed by atoms with Crippen LogP contribution in [0.15, 0.2) is 78.9 Å². The van der Waals surface area contributed by atoms with Gasteiger partial charge in [-0.3, -0.25) is 9.59 Å². The Bertz CT molecular complexity index is 1170. The maximum Gasteiger partial charge on any atom is 0.224 e. The molecule has 3 aromatic rings. The zero-order valence-corrected chi connectivity index (χ0v) is 21.0. The first-order chi connectivity index (χ1) is 17.7. The van der Waals surface area contributed by atoms with E-state index in [0.717, 1.165) is 61.2 Å². The average molecular weight is 481 g/mol. The molecule has 1 saturated heterocycles. The Balaban J connectivity index is 1.09. The lowest BCUT2D eigenvalue weighted by atomic mass is 9.80. The molecule has 36 heavy (non-hydrogen) atoms. The predicted molar refractivity (Wildman–Crippen MR) is 144 cm³/mol. The highest BCUT2D eigenvalue weighted by molar-refractivity contribution is 6.00. The molecule has 1 heterocycles. The first-order valence-electron chi connectivity index (χ1n) is 13.4. The zero-order valence-electron chi connectivity index (χ0n) is 21.0. The van der Waals surface area contributed by atoms with Crippen LogP contribution in [0.1, 0.15) is 64.2 Å². The van der Waals surface area contributed by atoms with Crippen molar-refractivity contribution in [1.29, 1.82) is 0 Å². The number of nitrogens with one attached hydrogen (secondary N) is 1. The van der Waals surface area contributed by atoms with E-state index in [4.69, 9.17) is 0 Å². The van der Waals surface area contributed by atoms with Crippen molar-refractivity contribution in [1.82, 2.24) is 10.2 Å². The van der Waals surface area contributed by atoms with Crippen molar-refractivity contribution in [2.24, 2.45) is 5.92 Å².